The van der Waals surface area contributed by atoms with Crippen molar-refractivity contribution in [1.82, 2.24) is 20.4 Å². The fourth-order valence-corrected chi connectivity index (χ4v) is 3.45. The fourth-order valence-electron chi connectivity index (χ4n) is 3.45. The van der Waals surface area contributed by atoms with Crippen LogP contribution in [0.5, 0.6) is 0 Å². The zero-order valence-corrected chi connectivity index (χ0v) is 16.1. The van der Waals surface area contributed by atoms with Crippen LogP contribution in [-0.4, -0.2) is 86.7 Å². The third-order valence-electron chi connectivity index (χ3n) is 4.94. The molecule has 0 radical (unpaired) electrons. The number of aliphatic imine (C=N–C) groups is 1. The lowest BCUT2D eigenvalue weighted by atomic mass is 10.0. The Balaban J connectivity index is 1.87. The third-order valence-corrected chi connectivity index (χ3v) is 4.94. The first-order valence-electron chi connectivity index (χ1n) is 9.73. The number of hydrogen-bond acceptors (Lipinski definition) is 4. The largest absolute Gasteiger partial charge is 0.379 e. The molecule has 0 bridgehead atoms. The standard InChI is InChI=1S/C18H35N5O2/c1-4-19-18(21-14-17(24)23-7-5-6-8-23)20-13-16(15(2)3)22-9-11-25-12-10-22/h15-16H,4-14H2,1-3H3,(H2,19,20,21). The number of ether oxygens (including phenoxy) is 1. The van der Waals surface area contributed by atoms with Gasteiger partial charge in [-0.05, 0) is 25.7 Å². The SMILES string of the molecule is CCNC(=NCC(=O)N1CCCC1)NCC(C(C)C)N1CCOCC1. The van der Waals surface area contributed by atoms with Crippen LogP contribution in [0.2, 0.25) is 0 Å². The summed E-state index contributed by atoms with van der Waals surface area (Å²) in [5.74, 6) is 1.40. The molecule has 2 heterocycles. The van der Waals surface area contributed by atoms with Crippen LogP contribution in [-0.2, 0) is 9.53 Å². The van der Waals surface area contributed by atoms with E-state index < -0.39 is 0 Å². The van der Waals surface area contributed by atoms with Crippen molar-refractivity contribution in [3.05, 3.63) is 0 Å². The normalized spacial score (nSPS) is 20.8. The molecular formula is C18H35N5O2. The van der Waals surface area contributed by atoms with Crippen molar-refractivity contribution in [1.29, 1.82) is 0 Å². The van der Waals surface area contributed by atoms with E-state index in [1.54, 1.807) is 0 Å². The Morgan fingerprint density at radius 1 is 1.12 bits per heavy atom. The van der Waals surface area contributed by atoms with Crippen LogP contribution in [0.15, 0.2) is 4.99 Å². The first-order chi connectivity index (χ1) is 12.1. The molecule has 2 aliphatic rings. The number of morpholine rings is 1. The van der Waals surface area contributed by atoms with Crippen LogP contribution >= 0.6 is 0 Å². The molecule has 2 fully saturated rings. The number of carbonyl (C=O) groups excluding carboxylic acids is 1. The van der Waals surface area contributed by atoms with E-state index in [9.17, 15) is 4.79 Å². The van der Waals surface area contributed by atoms with E-state index in [1.165, 1.54) is 0 Å². The zero-order valence-electron chi connectivity index (χ0n) is 16.1. The molecule has 2 rings (SSSR count). The summed E-state index contributed by atoms with van der Waals surface area (Å²) < 4.78 is 5.47. The number of likely N-dealkylation sites (tertiary alicyclic amines) is 1. The smallest absolute Gasteiger partial charge is 0.244 e. The molecule has 2 saturated heterocycles. The molecular weight excluding hydrogens is 318 g/mol. The lowest BCUT2D eigenvalue weighted by Gasteiger charge is -2.37. The second-order valence-electron chi connectivity index (χ2n) is 7.12. The average molecular weight is 354 g/mol. The van der Waals surface area contributed by atoms with Crippen molar-refractivity contribution in [3.8, 4) is 0 Å². The monoisotopic (exact) mass is 353 g/mol. The van der Waals surface area contributed by atoms with Gasteiger partial charge in [0.1, 0.15) is 6.54 Å². The number of amides is 1. The third kappa shape index (κ3) is 6.47. The Bertz CT molecular complexity index is 429. The van der Waals surface area contributed by atoms with Crippen molar-refractivity contribution >= 4 is 11.9 Å². The van der Waals surface area contributed by atoms with Gasteiger partial charge in [-0.15, -0.1) is 0 Å². The summed E-state index contributed by atoms with van der Waals surface area (Å²) in [5.41, 5.74) is 0. The van der Waals surface area contributed by atoms with Crippen LogP contribution in [0.25, 0.3) is 0 Å². The Labute approximate surface area is 152 Å². The Morgan fingerprint density at radius 3 is 2.40 bits per heavy atom. The van der Waals surface area contributed by atoms with Gasteiger partial charge in [-0.3, -0.25) is 9.69 Å². The maximum Gasteiger partial charge on any atom is 0.244 e. The van der Waals surface area contributed by atoms with Gasteiger partial charge in [0.2, 0.25) is 5.91 Å². The summed E-state index contributed by atoms with van der Waals surface area (Å²) in [7, 11) is 0. The number of hydrogen-bond donors (Lipinski definition) is 2. The maximum absolute atomic E-state index is 12.2. The first kappa shape index (κ1) is 20.0. The molecule has 7 nitrogen and oxygen atoms in total. The Kier molecular flexibility index (Phi) is 8.48. The highest BCUT2D eigenvalue weighted by Crippen LogP contribution is 2.12. The van der Waals surface area contributed by atoms with E-state index in [1.807, 2.05) is 11.8 Å². The molecule has 0 aromatic heterocycles. The molecule has 0 saturated carbocycles. The van der Waals surface area contributed by atoms with Crippen LogP contribution in [0.4, 0.5) is 0 Å². The highest BCUT2D eigenvalue weighted by Gasteiger charge is 2.24. The van der Waals surface area contributed by atoms with Gasteiger partial charge in [-0.2, -0.15) is 0 Å². The minimum absolute atomic E-state index is 0.128. The number of nitrogens with zero attached hydrogens (tertiary/aromatic N) is 3. The maximum atomic E-state index is 12.2. The summed E-state index contributed by atoms with van der Waals surface area (Å²) in [6.07, 6.45) is 2.23. The topological polar surface area (TPSA) is 69.2 Å². The predicted molar refractivity (Wildman–Crippen MR) is 101 cm³/mol. The summed E-state index contributed by atoms with van der Waals surface area (Å²) in [5, 5.41) is 6.68. The second-order valence-corrected chi connectivity index (χ2v) is 7.12. The summed E-state index contributed by atoms with van der Waals surface area (Å²) >= 11 is 0. The Hall–Kier alpha value is -1.34. The molecule has 25 heavy (non-hydrogen) atoms. The van der Waals surface area contributed by atoms with Gasteiger partial charge in [0.05, 0.1) is 13.2 Å². The van der Waals surface area contributed by atoms with Gasteiger partial charge in [-0.1, -0.05) is 13.8 Å². The van der Waals surface area contributed by atoms with Crippen molar-refractivity contribution in [2.75, 3.05) is 59.0 Å². The number of guanidine groups is 1. The summed E-state index contributed by atoms with van der Waals surface area (Å²) in [6, 6.07) is 0.432. The van der Waals surface area contributed by atoms with Crippen LogP contribution in [0, 0.1) is 5.92 Å². The fraction of sp³-hybridized carbons (Fsp3) is 0.889. The molecule has 0 aromatic carbocycles. The van der Waals surface area contributed by atoms with E-state index in [-0.39, 0.29) is 12.5 Å². The zero-order chi connectivity index (χ0) is 18.1. The second kappa shape index (κ2) is 10.6. The van der Waals surface area contributed by atoms with Gasteiger partial charge in [0, 0.05) is 45.3 Å². The van der Waals surface area contributed by atoms with Crippen molar-refractivity contribution in [2.45, 2.75) is 39.7 Å². The molecule has 144 valence electrons. The average Bonchev–Trinajstić information content (AvgIpc) is 3.15. The van der Waals surface area contributed by atoms with E-state index in [4.69, 9.17) is 4.74 Å². The quantitative estimate of drug-likeness (QED) is 0.516. The molecule has 2 N–H and O–H groups in total. The van der Waals surface area contributed by atoms with Crippen molar-refractivity contribution in [2.24, 2.45) is 10.9 Å². The predicted octanol–water partition coefficient (Wildman–Crippen LogP) is 0.521. The summed E-state index contributed by atoms with van der Waals surface area (Å²) in [4.78, 5) is 21.1. The van der Waals surface area contributed by atoms with Gasteiger partial charge in [-0.25, -0.2) is 4.99 Å². The molecule has 7 heteroatoms. The molecule has 1 atom stereocenters. The van der Waals surface area contributed by atoms with Crippen LogP contribution in [0.1, 0.15) is 33.6 Å². The van der Waals surface area contributed by atoms with Gasteiger partial charge in [0.15, 0.2) is 5.96 Å². The van der Waals surface area contributed by atoms with Crippen LogP contribution < -0.4 is 10.6 Å². The number of nitrogens with one attached hydrogen (secondary N) is 2. The van der Waals surface area contributed by atoms with Crippen molar-refractivity contribution < 1.29 is 9.53 Å². The first-order valence-corrected chi connectivity index (χ1v) is 9.73. The van der Waals surface area contributed by atoms with E-state index in [0.29, 0.717) is 12.0 Å². The van der Waals surface area contributed by atoms with E-state index in [2.05, 4.69) is 34.4 Å². The lowest BCUT2D eigenvalue weighted by Crippen LogP contribution is -2.52. The molecule has 1 unspecified atom stereocenters. The highest BCUT2D eigenvalue weighted by molar-refractivity contribution is 5.85. The van der Waals surface area contributed by atoms with Gasteiger partial charge in [0.25, 0.3) is 0 Å². The van der Waals surface area contributed by atoms with E-state index >= 15 is 0 Å². The van der Waals surface area contributed by atoms with Gasteiger partial charge >= 0.3 is 0 Å². The molecule has 2 aliphatic heterocycles. The molecule has 0 spiro atoms. The molecule has 0 aliphatic carbocycles. The van der Waals surface area contributed by atoms with Crippen molar-refractivity contribution in [3.63, 3.8) is 0 Å². The molecule has 0 aromatic rings. The lowest BCUT2D eigenvalue weighted by molar-refractivity contribution is -0.128. The minimum atomic E-state index is 0.128. The highest BCUT2D eigenvalue weighted by atomic mass is 16.5. The minimum Gasteiger partial charge on any atom is -0.379 e. The van der Waals surface area contributed by atoms with E-state index in [0.717, 1.165) is 71.3 Å². The van der Waals surface area contributed by atoms with Gasteiger partial charge < -0.3 is 20.3 Å². The summed E-state index contributed by atoms with van der Waals surface area (Å²) in [6.45, 7) is 13.7. The Morgan fingerprint density at radius 2 is 1.80 bits per heavy atom. The number of carbonyl (C=O) groups is 1. The number of rotatable bonds is 7. The molecule has 1 amide bonds. The van der Waals surface area contributed by atoms with Crippen LogP contribution in [0.3, 0.4) is 0 Å².